The Labute approximate surface area is 95.9 Å². The number of hydrogen-bond donors (Lipinski definition) is 3. The fourth-order valence-electron chi connectivity index (χ4n) is 2.15. The van der Waals surface area contributed by atoms with Crippen LogP contribution in [0.25, 0.3) is 0 Å². The van der Waals surface area contributed by atoms with Crippen molar-refractivity contribution in [3.63, 3.8) is 0 Å². The molecule has 5 heteroatoms. The van der Waals surface area contributed by atoms with E-state index in [0.717, 1.165) is 5.82 Å². The summed E-state index contributed by atoms with van der Waals surface area (Å²) in [6.07, 6.45) is 7.88. The molecule has 5 nitrogen and oxygen atoms in total. The summed E-state index contributed by atoms with van der Waals surface area (Å²) in [7, 11) is 1.81. The van der Waals surface area contributed by atoms with Crippen molar-refractivity contribution >= 4 is 17.3 Å². The smallest absolute Gasteiger partial charge is 0.155 e. The highest BCUT2D eigenvalue weighted by atomic mass is 15.1. The van der Waals surface area contributed by atoms with Crippen molar-refractivity contribution in [1.82, 2.24) is 9.97 Å². The number of nitrogen functional groups attached to an aromatic ring is 1. The topological polar surface area (TPSA) is 75.9 Å². The van der Waals surface area contributed by atoms with Crippen molar-refractivity contribution in [1.29, 1.82) is 0 Å². The van der Waals surface area contributed by atoms with Gasteiger partial charge in [-0.15, -0.1) is 0 Å². The van der Waals surface area contributed by atoms with E-state index in [1.807, 2.05) is 7.05 Å². The highest BCUT2D eigenvalue weighted by molar-refractivity contribution is 5.73. The van der Waals surface area contributed by atoms with Crippen LogP contribution in [0.2, 0.25) is 0 Å². The van der Waals surface area contributed by atoms with Crippen molar-refractivity contribution in [2.24, 2.45) is 0 Å². The van der Waals surface area contributed by atoms with Crippen LogP contribution < -0.4 is 16.4 Å². The number of nitrogens with one attached hydrogen (secondary N) is 2. The van der Waals surface area contributed by atoms with Crippen LogP contribution in [0.4, 0.5) is 17.3 Å². The van der Waals surface area contributed by atoms with E-state index in [4.69, 9.17) is 5.73 Å². The molecule has 1 aliphatic rings. The molecule has 0 radical (unpaired) electrons. The summed E-state index contributed by atoms with van der Waals surface area (Å²) in [5.74, 6) is 1.44. The highest BCUT2D eigenvalue weighted by Gasteiger charge is 2.15. The summed E-state index contributed by atoms with van der Waals surface area (Å²) >= 11 is 0. The first-order valence-electron chi connectivity index (χ1n) is 5.86. The monoisotopic (exact) mass is 221 g/mol. The molecule has 1 heterocycles. The second kappa shape index (κ2) is 5.01. The van der Waals surface area contributed by atoms with Gasteiger partial charge >= 0.3 is 0 Å². The van der Waals surface area contributed by atoms with Crippen LogP contribution in [-0.4, -0.2) is 23.1 Å². The first kappa shape index (κ1) is 11.0. The van der Waals surface area contributed by atoms with Gasteiger partial charge in [0, 0.05) is 13.1 Å². The molecule has 0 amide bonds. The van der Waals surface area contributed by atoms with Gasteiger partial charge in [-0.3, -0.25) is 0 Å². The third-order valence-corrected chi connectivity index (χ3v) is 3.07. The van der Waals surface area contributed by atoms with Gasteiger partial charge in [0.1, 0.15) is 12.0 Å². The van der Waals surface area contributed by atoms with Crippen molar-refractivity contribution in [3.05, 3.63) is 6.33 Å². The highest BCUT2D eigenvalue weighted by Crippen LogP contribution is 2.26. The Balaban J connectivity index is 2.08. The first-order valence-corrected chi connectivity index (χ1v) is 5.86. The molecule has 16 heavy (non-hydrogen) atoms. The van der Waals surface area contributed by atoms with Gasteiger partial charge in [-0.25, -0.2) is 9.97 Å². The van der Waals surface area contributed by atoms with Crippen molar-refractivity contribution in [3.8, 4) is 0 Å². The van der Waals surface area contributed by atoms with E-state index in [-0.39, 0.29) is 0 Å². The fraction of sp³-hybridized carbons (Fsp3) is 0.636. The average molecular weight is 221 g/mol. The van der Waals surface area contributed by atoms with Crippen molar-refractivity contribution in [2.45, 2.75) is 38.1 Å². The van der Waals surface area contributed by atoms with Gasteiger partial charge in [-0.05, 0) is 12.8 Å². The van der Waals surface area contributed by atoms with Gasteiger partial charge in [0.05, 0.1) is 0 Å². The summed E-state index contributed by atoms with van der Waals surface area (Å²) in [5, 5.41) is 6.36. The third kappa shape index (κ3) is 2.35. The van der Waals surface area contributed by atoms with E-state index in [2.05, 4.69) is 20.6 Å². The maximum Gasteiger partial charge on any atom is 0.155 e. The van der Waals surface area contributed by atoms with Gasteiger partial charge in [0.2, 0.25) is 0 Å². The van der Waals surface area contributed by atoms with E-state index >= 15 is 0 Å². The second-order valence-corrected chi connectivity index (χ2v) is 4.21. The zero-order chi connectivity index (χ0) is 11.4. The molecule has 0 aliphatic heterocycles. The molecule has 0 saturated heterocycles. The molecule has 0 unspecified atom stereocenters. The minimum Gasteiger partial charge on any atom is -0.393 e. The molecule has 1 saturated carbocycles. The van der Waals surface area contributed by atoms with E-state index in [1.165, 1.54) is 38.4 Å². The number of aromatic nitrogens is 2. The van der Waals surface area contributed by atoms with E-state index < -0.39 is 0 Å². The Hall–Kier alpha value is -1.52. The third-order valence-electron chi connectivity index (χ3n) is 3.07. The molecule has 0 aromatic carbocycles. The quantitative estimate of drug-likeness (QED) is 0.726. The zero-order valence-corrected chi connectivity index (χ0v) is 9.66. The Kier molecular flexibility index (Phi) is 3.44. The Morgan fingerprint density at radius 2 is 1.88 bits per heavy atom. The lowest BCUT2D eigenvalue weighted by molar-refractivity contribution is 0.462. The molecular weight excluding hydrogens is 202 g/mol. The van der Waals surface area contributed by atoms with E-state index in [9.17, 15) is 0 Å². The number of anilines is 3. The maximum absolute atomic E-state index is 5.96. The maximum atomic E-state index is 5.96. The Bertz CT molecular complexity index is 346. The van der Waals surface area contributed by atoms with Gasteiger partial charge in [0.25, 0.3) is 0 Å². The Morgan fingerprint density at radius 1 is 1.19 bits per heavy atom. The molecule has 0 spiro atoms. The fourth-order valence-corrected chi connectivity index (χ4v) is 2.15. The number of nitrogens with zero attached hydrogens (tertiary/aromatic N) is 2. The Morgan fingerprint density at radius 3 is 2.56 bits per heavy atom. The number of hydrogen-bond acceptors (Lipinski definition) is 5. The van der Waals surface area contributed by atoms with E-state index in [1.54, 1.807) is 0 Å². The van der Waals surface area contributed by atoms with Crippen LogP contribution in [0.15, 0.2) is 6.33 Å². The van der Waals surface area contributed by atoms with Crippen molar-refractivity contribution < 1.29 is 0 Å². The SMILES string of the molecule is CNc1ncnc(NC2CCCCC2)c1N. The molecule has 1 aliphatic carbocycles. The standard InChI is InChI=1S/C11H19N5/c1-13-10-9(12)11(15-7-14-10)16-8-5-3-2-4-6-8/h7-8H,2-6,12H2,1H3,(H2,13,14,15,16). The minimum atomic E-state index is 0.510. The normalized spacial score (nSPS) is 17.1. The molecule has 88 valence electrons. The predicted octanol–water partition coefficient (Wildman–Crippen LogP) is 1.85. The largest absolute Gasteiger partial charge is 0.393 e. The first-order chi connectivity index (χ1) is 7.81. The van der Waals surface area contributed by atoms with Crippen LogP contribution in [0.3, 0.4) is 0 Å². The molecule has 4 N–H and O–H groups in total. The van der Waals surface area contributed by atoms with Crippen LogP contribution in [0, 0.1) is 0 Å². The van der Waals surface area contributed by atoms with E-state index in [0.29, 0.717) is 17.5 Å². The summed E-state index contributed by atoms with van der Waals surface area (Å²) < 4.78 is 0. The molecule has 1 aromatic heterocycles. The lowest BCUT2D eigenvalue weighted by Crippen LogP contribution is -2.23. The second-order valence-electron chi connectivity index (χ2n) is 4.21. The number of nitrogens with two attached hydrogens (primary N) is 1. The van der Waals surface area contributed by atoms with Gasteiger partial charge in [-0.2, -0.15) is 0 Å². The van der Waals surface area contributed by atoms with Crippen LogP contribution in [-0.2, 0) is 0 Å². The summed E-state index contributed by atoms with van der Waals surface area (Å²) in [6.45, 7) is 0. The lowest BCUT2D eigenvalue weighted by Gasteiger charge is -2.24. The van der Waals surface area contributed by atoms with Crippen LogP contribution >= 0.6 is 0 Å². The molecular formula is C11H19N5. The lowest BCUT2D eigenvalue weighted by atomic mass is 9.95. The predicted molar refractivity (Wildman–Crippen MR) is 66.5 cm³/mol. The summed E-state index contributed by atoms with van der Waals surface area (Å²) in [5.41, 5.74) is 6.57. The number of rotatable bonds is 3. The van der Waals surface area contributed by atoms with Gasteiger partial charge in [0.15, 0.2) is 11.6 Å². The van der Waals surface area contributed by atoms with Crippen molar-refractivity contribution in [2.75, 3.05) is 23.4 Å². The zero-order valence-electron chi connectivity index (χ0n) is 9.66. The van der Waals surface area contributed by atoms with Gasteiger partial charge < -0.3 is 16.4 Å². The average Bonchev–Trinajstić information content (AvgIpc) is 2.33. The summed E-state index contributed by atoms with van der Waals surface area (Å²) in [6, 6.07) is 0.510. The van der Waals surface area contributed by atoms with Crippen LogP contribution in [0.1, 0.15) is 32.1 Å². The van der Waals surface area contributed by atoms with Gasteiger partial charge in [-0.1, -0.05) is 19.3 Å². The molecule has 2 rings (SSSR count). The summed E-state index contributed by atoms with van der Waals surface area (Å²) in [4.78, 5) is 8.26. The molecule has 1 fully saturated rings. The molecule has 0 atom stereocenters. The molecule has 0 bridgehead atoms. The van der Waals surface area contributed by atoms with Crippen LogP contribution in [0.5, 0.6) is 0 Å². The minimum absolute atomic E-state index is 0.510. The molecule has 1 aromatic rings.